The van der Waals surface area contributed by atoms with E-state index in [-0.39, 0.29) is 18.0 Å². The van der Waals surface area contributed by atoms with Crippen LogP contribution >= 0.6 is 23.2 Å². The normalized spacial score (nSPS) is 10.6. The van der Waals surface area contributed by atoms with E-state index in [1.165, 1.54) is 12.1 Å². The standard InChI is InChI=1S/C20H18Cl2N4O4/c21-13-1-6-16(17(22)11-13)18-12-25-20(30-18)8-7-19(27)24-10-9-23-14-2-4-15(5-3-14)26(28)29/h1-6,11-12,23H,7-10H2,(H,24,27). The van der Waals surface area contributed by atoms with Crippen molar-refractivity contribution >= 4 is 40.5 Å². The summed E-state index contributed by atoms with van der Waals surface area (Å²) in [5.74, 6) is 0.819. The van der Waals surface area contributed by atoms with Crippen LogP contribution in [-0.4, -0.2) is 28.9 Å². The van der Waals surface area contributed by atoms with Crippen LogP contribution in [0.15, 0.2) is 53.1 Å². The molecule has 1 heterocycles. The largest absolute Gasteiger partial charge is 0.441 e. The van der Waals surface area contributed by atoms with E-state index < -0.39 is 4.92 Å². The predicted molar refractivity (Wildman–Crippen MR) is 115 cm³/mol. The number of hydrogen-bond donors (Lipinski definition) is 2. The smallest absolute Gasteiger partial charge is 0.269 e. The lowest BCUT2D eigenvalue weighted by Gasteiger charge is -2.07. The number of amides is 1. The molecule has 10 heteroatoms. The van der Waals surface area contributed by atoms with E-state index in [9.17, 15) is 14.9 Å². The molecule has 0 radical (unpaired) electrons. The molecule has 2 N–H and O–H groups in total. The molecule has 2 aromatic carbocycles. The van der Waals surface area contributed by atoms with E-state index in [1.807, 2.05) is 0 Å². The molecule has 8 nitrogen and oxygen atoms in total. The van der Waals surface area contributed by atoms with Gasteiger partial charge in [-0.3, -0.25) is 14.9 Å². The number of anilines is 1. The molecule has 0 atom stereocenters. The second kappa shape index (κ2) is 10.1. The van der Waals surface area contributed by atoms with Crippen LogP contribution in [-0.2, 0) is 11.2 Å². The van der Waals surface area contributed by atoms with Gasteiger partial charge in [-0.15, -0.1) is 0 Å². The van der Waals surface area contributed by atoms with Gasteiger partial charge in [0, 0.05) is 54.3 Å². The van der Waals surface area contributed by atoms with Gasteiger partial charge in [-0.05, 0) is 30.3 Å². The van der Waals surface area contributed by atoms with Crippen molar-refractivity contribution < 1.29 is 14.1 Å². The number of benzene rings is 2. The Morgan fingerprint density at radius 2 is 1.90 bits per heavy atom. The van der Waals surface area contributed by atoms with Crippen molar-refractivity contribution in [2.24, 2.45) is 0 Å². The zero-order chi connectivity index (χ0) is 21.5. The molecule has 0 aliphatic heterocycles. The van der Waals surface area contributed by atoms with Crippen LogP contribution in [0.25, 0.3) is 11.3 Å². The molecule has 0 saturated carbocycles. The Labute approximate surface area is 182 Å². The molecule has 156 valence electrons. The van der Waals surface area contributed by atoms with E-state index in [0.29, 0.717) is 46.8 Å². The van der Waals surface area contributed by atoms with Gasteiger partial charge in [-0.1, -0.05) is 23.2 Å². The molecule has 0 aliphatic rings. The van der Waals surface area contributed by atoms with Gasteiger partial charge in [0.2, 0.25) is 5.91 Å². The summed E-state index contributed by atoms with van der Waals surface area (Å²) < 4.78 is 5.67. The number of rotatable bonds is 9. The summed E-state index contributed by atoms with van der Waals surface area (Å²) in [5.41, 5.74) is 1.45. The molecule has 0 aliphatic carbocycles. The summed E-state index contributed by atoms with van der Waals surface area (Å²) in [7, 11) is 0. The lowest BCUT2D eigenvalue weighted by atomic mass is 10.2. The number of nitrogens with one attached hydrogen (secondary N) is 2. The number of non-ortho nitro benzene ring substituents is 1. The molecular formula is C20H18Cl2N4O4. The number of halogens is 2. The van der Waals surface area contributed by atoms with Gasteiger partial charge in [0.05, 0.1) is 16.1 Å². The summed E-state index contributed by atoms with van der Waals surface area (Å²) in [6.07, 6.45) is 2.15. The summed E-state index contributed by atoms with van der Waals surface area (Å²) in [5, 5.41) is 17.5. The van der Waals surface area contributed by atoms with Gasteiger partial charge in [0.25, 0.3) is 5.69 Å². The minimum atomic E-state index is -0.453. The number of oxazole rings is 1. The van der Waals surface area contributed by atoms with Gasteiger partial charge in [0.1, 0.15) is 0 Å². The lowest BCUT2D eigenvalue weighted by Crippen LogP contribution is -2.28. The van der Waals surface area contributed by atoms with E-state index in [0.717, 1.165) is 5.69 Å². The molecule has 0 fully saturated rings. The predicted octanol–water partition coefficient (Wildman–Crippen LogP) is 4.72. The first-order valence-corrected chi connectivity index (χ1v) is 9.83. The molecular weight excluding hydrogens is 431 g/mol. The van der Waals surface area contributed by atoms with Crippen molar-refractivity contribution in [3.63, 3.8) is 0 Å². The number of nitro benzene ring substituents is 1. The maximum atomic E-state index is 12.0. The van der Waals surface area contributed by atoms with E-state index in [4.69, 9.17) is 27.6 Å². The topological polar surface area (TPSA) is 110 Å². The third-order valence-electron chi connectivity index (χ3n) is 4.17. The van der Waals surface area contributed by atoms with E-state index in [2.05, 4.69) is 15.6 Å². The highest BCUT2D eigenvalue weighted by atomic mass is 35.5. The summed E-state index contributed by atoms with van der Waals surface area (Å²) in [4.78, 5) is 26.4. The average molecular weight is 449 g/mol. The highest BCUT2D eigenvalue weighted by Gasteiger charge is 2.12. The number of nitro groups is 1. The molecule has 0 unspecified atom stereocenters. The Bertz CT molecular complexity index is 1040. The van der Waals surface area contributed by atoms with E-state index >= 15 is 0 Å². The molecule has 0 spiro atoms. The maximum absolute atomic E-state index is 12.0. The minimum Gasteiger partial charge on any atom is -0.441 e. The second-order valence-corrected chi connectivity index (χ2v) is 7.17. The molecule has 1 aromatic heterocycles. The van der Waals surface area contributed by atoms with Crippen molar-refractivity contribution in [2.75, 3.05) is 18.4 Å². The minimum absolute atomic E-state index is 0.0295. The molecule has 3 aromatic rings. The fourth-order valence-corrected chi connectivity index (χ4v) is 3.16. The monoisotopic (exact) mass is 448 g/mol. The second-order valence-electron chi connectivity index (χ2n) is 6.32. The Morgan fingerprint density at radius 1 is 1.13 bits per heavy atom. The Kier molecular flexibility index (Phi) is 7.26. The van der Waals surface area contributed by atoms with Crippen LogP contribution in [0.3, 0.4) is 0 Å². The fraction of sp³-hybridized carbons (Fsp3) is 0.200. The number of aromatic nitrogens is 1. The maximum Gasteiger partial charge on any atom is 0.269 e. The SMILES string of the molecule is O=C(CCc1ncc(-c2ccc(Cl)cc2Cl)o1)NCCNc1ccc([N+](=O)[O-])cc1. The van der Waals surface area contributed by atoms with Gasteiger partial charge in [0.15, 0.2) is 11.7 Å². The summed E-state index contributed by atoms with van der Waals surface area (Å²) >= 11 is 12.1. The number of hydrogen-bond acceptors (Lipinski definition) is 6. The zero-order valence-corrected chi connectivity index (χ0v) is 17.2. The molecule has 1 amide bonds. The molecule has 3 rings (SSSR count). The lowest BCUT2D eigenvalue weighted by molar-refractivity contribution is -0.384. The Balaban J connectivity index is 1.40. The van der Waals surface area contributed by atoms with Crippen LogP contribution in [0, 0.1) is 10.1 Å². The van der Waals surface area contributed by atoms with Crippen LogP contribution in [0.1, 0.15) is 12.3 Å². The zero-order valence-electron chi connectivity index (χ0n) is 15.7. The molecule has 0 bridgehead atoms. The summed E-state index contributed by atoms with van der Waals surface area (Å²) in [6.45, 7) is 0.898. The van der Waals surface area contributed by atoms with Crippen LogP contribution in [0.2, 0.25) is 10.0 Å². The number of carbonyl (C=O) groups excluding carboxylic acids is 1. The van der Waals surface area contributed by atoms with E-state index in [1.54, 1.807) is 36.5 Å². The van der Waals surface area contributed by atoms with Gasteiger partial charge < -0.3 is 15.1 Å². The first-order valence-electron chi connectivity index (χ1n) is 9.07. The van der Waals surface area contributed by atoms with Gasteiger partial charge >= 0.3 is 0 Å². The number of nitrogens with zero attached hydrogens (tertiary/aromatic N) is 2. The molecule has 0 saturated heterocycles. The van der Waals surface area contributed by atoms with Crippen molar-refractivity contribution in [1.29, 1.82) is 0 Å². The van der Waals surface area contributed by atoms with Crippen LogP contribution in [0.5, 0.6) is 0 Å². The van der Waals surface area contributed by atoms with Gasteiger partial charge in [-0.25, -0.2) is 4.98 Å². The van der Waals surface area contributed by atoms with Crippen LogP contribution in [0.4, 0.5) is 11.4 Å². The van der Waals surface area contributed by atoms with Crippen molar-refractivity contribution in [2.45, 2.75) is 12.8 Å². The third-order valence-corrected chi connectivity index (χ3v) is 4.72. The first-order chi connectivity index (χ1) is 14.4. The Morgan fingerprint density at radius 3 is 2.60 bits per heavy atom. The third kappa shape index (κ3) is 5.95. The van der Waals surface area contributed by atoms with Crippen molar-refractivity contribution in [1.82, 2.24) is 10.3 Å². The van der Waals surface area contributed by atoms with Crippen molar-refractivity contribution in [3.05, 3.63) is 74.7 Å². The number of aryl methyl sites for hydroxylation is 1. The highest BCUT2D eigenvalue weighted by Crippen LogP contribution is 2.30. The Hall–Kier alpha value is -3.10. The highest BCUT2D eigenvalue weighted by molar-refractivity contribution is 6.36. The van der Waals surface area contributed by atoms with Gasteiger partial charge in [-0.2, -0.15) is 0 Å². The first kappa shape index (κ1) is 21.6. The molecule has 30 heavy (non-hydrogen) atoms. The van der Waals surface area contributed by atoms with Crippen LogP contribution < -0.4 is 10.6 Å². The fourth-order valence-electron chi connectivity index (χ4n) is 2.66. The van der Waals surface area contributed by atoms with Crippen molar-refractivity contribution in [3.8, 4) is 11.3 Å². The summed E-state index contributed by atoms with van der Waals surface area (Å²) in [6, 6.07) is 11.2. The number of carbonyl (C=O) groups is 1. The average Bonchev–Trinajstić information content (AvgIpc) is 3.18. The quantitative estimate of drug-likeness (QED) is 0.278.